The summed E-state index contributed by atoms with van der Waals surface area (Å²) in [6.07, 6.45) is 5.14. The summed E-state index contributed by atoms with van der Waals surface area (Å²) in [6.45, 7) is 2.50. The second kappa shape index (κ2) is 5.80. The van der Waals surface area contributed by atoms with Gasteiger partial charge < -0.3 is 5.32 Å². The van der Waals surface area contributed by atoms with Crippen LogP contribution in [0.25, 0.3) is 0 Å². The third kappa shape index (κ3) is 17.8. The van der Waals surface area contributed by atoms with Gasteiger partial charge in [0.05, 0.1) is 6.26 Å². The van der Waals surface area contributed by atoms with Crippen molar-refractivity contribution in [2.75, 3.05) is 19.3 Å². The molecule has 0 aromatic carbocycles. The minimum atomic E-state index is -3.19. The average molecular weight is 200 g/mol. The van der Waals surface area contributed by atoms with Crippen LogP contribution >= 0.6 is 10.7 Å². The number of rotatable bonds is 0. The monoisotopic (exact) mass is 199 g/mol. The zero-order valence-corrected chi connectivity index (χ0v) is 8.21. The fraction of sp³-hybridized carbons (Fsp3) is 1.00. The molecule has 1 heterocycles. The van der Waals surface area contributed by atoms with Crippen molar-refractivity contribution in [2.24, 2.45) is 0 Å². The van der Waals surface area contributed by atoms with Crippen LogP contribution in [0.4, 0.5) is 0 Å². The lowest BCUT2D eigenvalue weighted by Gasteiger charge is -2.08. The molecule has 0 unspecified atom stereocenters. The van der Waals surface area contributed by atoms with E-state index in [1.807, 2.05) is 0 Å². The lowest BCUT2D eigenvalue weighted by molar-refractivity contribution is 0.520. The molecule has 68 valence electrons. The third-order valence-electron chi connectivity index (χ3n) is 1.21. The second-order valence-corrected chi connectivity index (χ2v) is 5.54. The Morgan fingerprint density at radius 1 is 1.18 bits per heavy atom. The van der Waals surface area contributed by atoms with Gasteiger partial charge in [0.1, 0.15) is 0 Å². The highest BCUT2D eigenvalue weighted by Gasteiger charge is 1.93. The van der Waals surface area contributed by atoms with E-state index in [0.717, 1.165) is 6.26 Å². The number of nitrogens with one attached hydrogen (secondary N) is 1. The van der Waals surface area contributed by atoms with Crippen molar-refractivity contribution in [1.29, 1.82) is 0 Å². The molecule has 0 atom stereocenters. The van der Waals surface area contributed by atoms with Crippen LogP contribution in [0.2, 0.25) is 0 Å². The van der Waals surface area contributed by atoms with Gasteiger partial charge in [-0.1, -0.05) is 6.42 Å². The number of hydrogen-bond donors (Lipinski definition) is 1. The third-order valence-corrected chi connectivity index (χ3v) is 1.21. The molecule has 1 fully saturated rings. The Bertz CT molecular complexity index is 156. The average Bonchev–Trinajstić information content (AvgIpc) is 1.88. The molecular weight excluding hydrogens is 186 g/mol. The van der Waals surface area contributed by atoms with Gasteiger partial charge in [0, 0.05) is 10.7 Å². The van der Waals surface area contributed by atoms with E-state index >= 15 is 0 Å². The zero-order chi connectivity index (χ0) is 8.74. The summed E-state index contributed by atoms with van der Waals surface area (Å²) in [6, 6.07) is 0. The standard InChI is InChI=1S/C5H11N.CH3ClO2S/c1-2-4-6-5-3-1;1-5(2,3)4/h6H,1-5H2;1H3. The van der Waals surface area contributed by atoms with Gasteiger partial charge in [-0.05, 0) is 25.9 Å². The van der Waals surface area contributed by atoms with E-state index in [2.05, 4.69) is 16.0 Å². The molecule has 0 saturated carbocycles. The van der Waals surface area contributed by atoms with E-state index in [-0.39, 0.29) is 0 Å². The first-order valence-electron chi connectivity index (χ1n) is 3.60. The molecule has 3 nitrogen and oxygen atoms in total. The Morgan fingerprint density at radius 3 is 1.64 bits per heavy atom. The van der Waals surface area contributed by atoms with E-state index < -0.39 is 9.05 Å². The molecule has 1 saturated heterocycles. The molecule has 0 aromatic rings. The predicted octanol–water partition coefficient (Wildman–Crippen LogP) is 0.945. The Labute approximate surface area is 72.5 Å². The van der Waals surface area contributed by atoms with E-state index in [1.54, 1.807) is 0 Å². The fourth-order valence-electron chi connectivity index (χ4n) is 0.802. The summed E-state index contributed by atoms with van der Waals surface area (Å²) in [7, 11) is 1.31. The predicted molar refractivity (Wildman–Crippen MR) is 47.4 cm³/mol. The van der Waals surface area contributed by atoms with Gasteiger partial charge in [0.15, 0.2) is 0 Å². The van der Waals surface area contributed by atoms with Crippen molar-refractivity contribution in [1.82, 2.24) is 5.32 Å². The second-order valence-electron chi connectivity index (χ2n) is 2.49. The molecule has 1 N–H and O–H groups in total. The van der Waals surface area contributed by atoms with Crippen LogP contribution in [0.1, 0.15) is 19.3 Å². The highest BCUT2D eigenvalue weighted by Crippen LogP contribution is 1.96. The van der Waals surface area contributed by atoms with Gasteiger partial charge in [0.25, 0.3) is 0 Å². The summed E-state index contributed by atoms with van der Waals surface area (Å²) in [5, 5.41) is 3.28. The summed E-state index contributed by atoms with van der Waals surface area (Å²) in [4.78, 5) is 0. The minimum Gasteiger partial charge on any atom is -0.317 e. The Kier molecular flexibility index (Phi) is 5.91. The molecule has 0 aliphatic carbocycles. The SMILES string of the molecule is C1CCNCC1.CS(=O)(=O)Cl. The molecule has 0 radical (unpaired) electrons. The quantitative estimate of drug-likeness (QED) is 0.591. The number of halogens is 1. The van der Waals surface area contributed by atoms with Gasteiger partial charge >= 0.3 is 0 Å². The van der Waals surface area contributed by atoms with Crippen molar-refractivity contribution in [3.63, 3.8) is 0 Å². The largest absolute Gasteiger partial charge is 0.317 e. The first kappa shape index (κ1) is 11.2. The molecule has 0 bridgehead atoms. The van der Waals surface area contributed by atoms with Crippen molar-refractivity contribution in [3.05, 3.63) is 0 Å². The Hall–Kier alpha value is 0.200. The smallest absolute Gasteiger partial charge is 0.229 e. The lowest BCUT2D eigenvalue weighted by Crippen LogP contribution is -2.21. The van der Waals surface area contributed by atoms with Crippen LogP contribution in [0.5, 0.6) is 0 Å². The maximum absolute atomic E-state index is 9.40. The summed E-state index contributed by atoms with van der Waals surface area (Å²) in [5.74, 6) is 0. The molecule has 1 rings (SSSR count). The van der Waals surface area contributed by atoms with Crippen LogP contribution in [-0.4, -0.2) is 27.8 Å². The maximum atomic E-state index is 9.40. The zero-order valence-electron chi connectivity index (χ0n) is 6.64. The Balaban J connectivity index is 0.000000187. The van der Waals surface area contributed by atoms with Crippen LogP contribution < -0.4 is 5.32 Å². The van der Waals surface area contributed by atoms with Crippen molar-refractivity contribution >= 4 is 19.7 Å². The van der Waals surface area contributed by atoms with Gasteiger partial charge in [-0.25, -0.2) is 8.42 Å². The Morgan fingerprint density at radius 2 is 1.55 bits per heavy atom. The normalized spacial score (nSPS) is 18.4. The number of piperidine rings is 1. The molecule has 1 aliphatic heterocycles. The molecular formula is C6H14ClNO2S. The number of hydrogen-bond acceptors (Lipinski definition) is 3. The summed E-state index contributed by atoms with van der Waals surface area (Å²) < 4.78 is 18.8. The molecule has 0 spiro atoms. The van der Waals surface area contributed by atoms with E-state index in [4.69, 9.17) is 0 Å². The van der Waals surface area contributed by atoms with E-state index in [0.29, 0.717) is 0 Å². The minimum absolute atomic E-state index is 0.925. The lowest BCUT2D eigenvalue weighted by atomic mass is 10.2. The van der Waals surface area contributed by atoms with E-state index in [1.165, 1.54) is 32.4 Å². The van der Waals surface area contributed by atoms with E-state index in [9.17, 15) is 8.42 Å². The maximum Gasteiger partial charge on any atom is 0.229 e. The van der Waals surface area contributed by atoms with Gasteiger partial charge in [-0.2, -0.15) is 0 Å². The highest BCUT2D eigenvalue weighted by atomic mass is 35.7. The molecule has 0 amide bonds. The van der Waals surface area contributed by atoms with Crippen LogP contribution in [0.15, 0.2) is 0 Å². The van der Waals surface area contributed by atoms with Gasteiger partial charge in [0.2, 0.25) is 9.05 Å². The fourth-order valence-corrected chi connectivity index (χ4v) is 0.802. The van der Waals surface area contributed by atoms with Gasteiger partial charge in [-0.3, -0.25) is 0 Å². The summed E-state index contributed by atoms with van der Waals surface area (Å²) in [5.41, 5.74) is 0. The molecule has 5 heteroatoms. The summed E-state index contributed by atoms with van der Waals surface area (Å²) >= 11 is 0. The van der Waals surface area contributed by atoms with Crippen LogP contribution in [0.3, 0.4) is 0 Å². The molecule has 11 heavy (non-hydrogen) atoms. The highest BCUT2D eigenvalue weighted by molar-refractivity contribution is 8.13. The molecule has 0 aromatic heterocycles. The first-order valence-corrected chi connectivity index (χ1v) is 6.32. The van der Waals surface area contributed by atoms with Gasteiger partial charge in [-0.15, -0.1) is 0 Å². The topological polar surface area (TPSA) is 46.2 Å². The van der Waals surface area contributed by atoms with Crippen molar-refractivity contribution in [2.45, 2.75) is 19.3 Å². The van der Waals surface area contributed by atoms with Crippen LogP contribution in [-0.2, 0) is 9.05 Å². The van der Waals surface area contributed by atoms with Crippen molar-refractivity contribution in [3.8, 4) is 0 Å². The first-order chi connectivity index (χ1) is 5.00. The van der Waals surface area contributed by atoms with Crippen LogP contribution in [0, 0.1) is 0 Å². The molecule has 1 aliphatic rings. The van der Waals surface area contributed by atoms with Crippen molar-refractivity contribution < 1.29 is 8.42 Å².